The van der Waals surface area contributed by atoms with E-state index in [1.807, 2.05) is 12.1 Å². The van der Waals surface area contributed by atoms with Gasteiger partial charge >= 0.3 is 0 Å². The number of hydrogen-bond donors (Lipinski definition) is 0. The van der Waals surface area contributed by atoms with E-state index < -0.39 is 5.82 Å². The van der Waals surface area contributed by atoms with Crippen molar-refractivity contribution < 1.29 is 13.9 Å². The van der Waals surface area contributed by atoms with Crippen molar-refractivity contribution in [3.8, 4) is 5.75 Å². The largest absolute Gasteiger partial charge is 0.453 e. The molecule has 92 valence electrons. The molecule has 0 atom stereocenters. The number of hydrogen-bond acceptors (Lipinski definition) is 2. The third kappa shape index (κ3) is 1.81. The summed E-state index contributed by atoms with van der Waals surface area (Å²) in [7, 11) is 0. The van der Waals surface area contributed by atoms with E-state index in [1.54, 1.807) is 0 Å². The molecule has 1 aliphatic carbocycles. The number of halogens is 2. The molecule has 1 heterocycles. The van der Waals surface area contributed by atoms with Crippen LogP contribution < -0.4 is 4.74 Å². The lowest BCUT2D eigenvalue weighted by Crippen LogP contribution is -2.14. The zero-order chi connectivity index (χ0) is 12.7. The van der Waals surface area contributed by atoms with Crippen LogP contribution in [0.5, 0.6) is 5.75 Å². The number of carbonyl (C=O) groups excluding carboxylic acids is 1. The molecule has 0 aromatic heterocycles. The molecule has 18 heavy (non-hydrogen) atoms. The van der Waals surface area contributed by atoms with Gasteiger partial charge in [0.2, 0.25) is 0 Å². The number of ether oxygens (including phenoxy) is 1. The molecular formula is C14H10BrFO2. The molecular weight excluding hydrogens is 299 g/mol. The zero-order valence-electron chi connectivity index (χ0n) is 9.50. The highest BCUT2D eigenvalue weighted by Crippen LogP contribution is 2.40. The fourth-order valence-electron chi connectivity index (χ4n) is 2.37. The van der Waals surface area contributed by atoms with E-state index in [2.05, 4.69) is 15.9 Å². The van der Waals surface area contributed by atoms with Crippen molar-refractivity contribution in [3.05, 3.63) is 44.9 Å². The standard InChI is InChI=1S/C14H10BrFO2/c15-11-5-10-4-8-2-1-3-9(7-17)13(8)18-14(10)12(16)6-11/h4-7H,1-3H2. The van der Waals surface area contributed by atoms with E-state index in [0.29, 0.717) is 27.8 Å². The number of rotatable bonds is 1. The molecule has 0 fully saturated rings. The molecule has 0 N–H and O–H groups in total. The van der Waals surface area contributed by atoms with Crippen LogP contribution in [0.3, 0.4) is 0 Å². The van der Waals surface area contributed by atoms with Crippen LogP contribution in [-0.2, 0) is 4.79 Å². The second-order valence-corrected chi connectivity index (χ2v) is 5.32. The third-order valence-electron chi connectivity index (χ3n) is 3.19. The van der Waals surface area contributed by atoms with Gasteiger partial charge in [0.25, 0.3) is 0 Å². The lowest BCUT2D eigenvalue weighted by molar-refractivity contribution is -0.105. The topological polar surface area (TPSA) is 26.3 Å². The van der Waals surface area contributed by atoms with Crippen molar-refractivity contribution in [3.63, 3.8) is 0 Å². The van der Waals surface area contributed by atoms with Gasteiger partial charge in [-0.2, -0.15) is 0 Å². The average Bonchev–Trinajstić information content (AvgIpc) is 2.36. The van der Waals surface area contributed by atoms with E-state index in [9.17, 15) is 9.18 Å². The molecule has 0 bridgehead atoms. The van der Waals surface area contributed by atoms with E-state index in [0.717, 1.165) is 24.7 Å². The first kappa shape index (κ1) is 11.7. The van der Waals surface area contributed by atoms with Crippen LogP contribution in [0.4, 0.5) is 4.39 Å². The fourth-order valence-corrected chi connectivity index (χ4v) is 2.82. The van der Waals surface area contributed by atoms with Crippen LogP contribution in [0.15, 0.2) is 33.5 Å². The monoisotopic (exact) mass is 308 g/mol. The Bertz CT molecular complexity index is 602. The quantitative estimate of drug-likeness (QED) is 0.733. The van der Waals surface area contributed by atoms with Gasteiger partial charge in [0.1, 0.15) is 12.0 Å². The van der Waals surface area contributed by atoms with Gasteiger partial charge in [-0.05, 0) is 43.0 Å². The summed E-state index contributed by atoms with van der Waals surface area (Å²) >= 11 is 3.26. The Morgan fingerprint density at radius 2 is 2.17 bits per heavy atom. The molecule has 1 aromatic carbocycles. The maximum Gasteiger partial charge on any atom is 0.170 e. The fraction of sp³-hybridized carbons (Fsp3) is 0.214. The van der Waals surface area contributed by atoms with Crippen LogP contribution >= 0.6 is 15.9 Å². The Morgan fingerprint density at radius 3 is 2.94 bits per heavy atom. The van der Waals surface area contributed by atoms with Crippen molar-refractivity contribution in [2.45, 2.75) is 19.3 Å². The number of allylic oxidation sites excluding steroid dienone is 2. The Morgan fingerprint density at radius 1 is 1.33 bits per heavy atom. The summed E-state index contributed by atoms with van der Waals surface area (Å²) in [6.45, 7) is 0. The van der Waals surface area contributed by atoms with E-state index in [-0.39, 0.29) is 5.75 Å². The number of aldehydes is 1. The van der Waals surface area contributed by atoms with Crippen molar-refractivity contribution in [1.82, 2.24) is 0 Å². The number of benzene rings is 1. The molecule has 0 amide bonds. The van der Waals surface area contributed by atoms with E-state index >= 15 is 0 Å². The summed E-state index contributed by atoms with van der Waals surface area (Å²) in [5.74, 6) is 0.334. The SMILES string of the molecule is O=CC1=C2Oc3c(F)cc(Br)cc3C=C2CCC1. The van der Waals surface area contributed by atoms with Crippen molar-refractivity contribution >= 4 is 28.3 Å². The summed E-state index contributed by atoms with van der Waals surface area (Å²) in [5, 5.41) is 0. The van der Waals surface area contributed by atoms with Crippen LogP contribution in [0.25, 0.3) is 6.08 Å². The minimum atomic E-state index is -0.419. The maximum atomic E-state index is 13.8. The zero-order valence-corrected chi connectivity index (χ0v) is 11.1. The normalized spacial score (nSPS) is 17.6. The first-order valence-corrected chi connectivity index (χ1v) is 6.54. The molecule has 4 heteroatoms. The van der Waals surface area contributed by atoms with Gasteiger partial charge in [0, 0.05) is 15.6 Å². The van der Waals surface area contributed by atoms with Crippen molar-refractivity contribution in [1.29, 1.82) is 0 Å². The second-order valence-electron chi connectivity index (χ2n) is 4.40. The minimum absolute atomic E-state index is 0.207. The van der Waals surface area contributed by atoms with Crippen LogP contribution in [-0.4, -0.2) is 6.29 Å². The van der Waals surface area contributed by atoms with Crippen LogP contribution in [0.2, 0.25) is 0 Å². The van der Waals surface area contributed by atoms with Crippen molar-refractivity contribution in [2.75, 3.05) is 0 Å². The van der Waals surface area contributed by atoms with Gasteiger partial charge in [-0.3, -0.25) is 4.79 Å². The molecule has 0 saturated heterocycles. The average molecular weight is 309 g/mol. The van der Waals surface area contributed by atoms with Crippen molar-refractivity contribution in [2.24, 2.45) is 0 Å². The first-order chi connectivity index (χ1) is 8.69. The molecule has 0 spiro atoms. The maximum absolute atomic E-state index is 13.8. The molecule has 1 aromatic rings. The molecule has 2 nitrogen and oxygen atoms in total. The highest BCUT2D eigenvalue weighted by atomic mass is 79.9. The third-order valence-corrected chi connectivity index (χ3v) is 3.65. The Kier molecular flexibility index (Phi) is 2.82. The summed E-state index contributed by atoms with van der Waals surface area (Å²) < 4.78 is 20.1. The van der Waals surface area contributed by atoms with Crippen LogP contribution in [0, 0.1) is 5.82 Å². The van der Waals surface area contributed by atoms with Crippen LogP contribution in [0.1, 0.15) is 24.8 Å². The predicted molar refractivity (Wildman–Crippen MR) is 69.6 cm³/mol. The lowest BCUT2D eigenvalue weighted by atomic mass is 9.91. The highest BCUT2D eigenvalue weighted by Gasteiger charge is 2.26. The highest BCUT2D eigenvalue weighted by molar-refractivity contribution is 9.10. The molecule has 1 aliphatic heterocycles. The summed E-state index contributed by atoms with van der Waals surface area (Å²) in [6.07, 6.45) is 5.21. The molecule has 0 unspecified atom stereocenters. The number of carbonyl (C=O) groups is 1. The molecule has 0 saturated carbocycles. The predicted octanol–water partition coefficient (Wildman–Crippen LogP) is 4.00. The smallest absolute Gasteiger partial charge is 0.170 e. The van der Waals surface area contributed by atoms with Gasteiger partial charge in [0.05, 0.1) is 0 Å². The second kappa shape index (κ2) is 4.35. The Balaban J connectivity index is 2.20. The Labute approximate surface area is 112 Å². The van der Waals surface area contributed by atoms with E-state index in [4.69, 9.17) is 4.74 Å². The van der Waals surface area contributed by atoms with E-state index in [1.165, 1.54) is 6.07 Å². The first-order valence-electron chi connectivity index (χ1n) is 5.75. The molecule has 0 radical (unpaired) electrons. The minimum Gasteiger partial charge on any atom is -0.453 e. The lowest BCUT2D eigenvalue weighted by Gasteiger charge is -2.26. The summed E-state index contributed by atoms with van der Waals surface area (Å²) in [4.78, 5) is 11.0. The Hall–Kier alpha value is -1.42. The van der Waals surface area contributed by atoms with Gasteiger partial charge in [0.15, 0.2) is 11.6 Å². The van der Waals surface area contributed by atoms with Gasteiger partial charge < -0.3 is 4.74 Å². The summed E-state index contributed by atoms with van der Waals surface area (Å²) in [5.41, 5.74) is 2.32. The number of fused-ring (bicyclic) bond motifs is 2. The van der Waals surface area contributed by atoms with Gasteiger partial charge in [-0.25, -0.2) is 4.39 Å². The molecule has 2 aliphatic rings. The summed E-state index contributed by atoms with van der Waals surface area (Å²) in [6, 6.07) is 3.18. The van der Waals surface area contributed by atoms with Gasteiger partial charge in [-0.1, -0.05) is 15.9 Å². The van der Waals surface area contributed by atoms with Gasteiger partial charge in [-0.15, -0.1) is 0 Å². The molecule has 3 rings (SSSR count).